The van der Waals surface area contributed by atoms with E-state index in [9.17, 15) is 14.0 Å². The van der Waals surface area contributed by atoms with Crippen molar-refractivity contribution >= 4 is 62.5 Å². The number of hydrogen-bond donors (Lipinski definition) is 2. The number of halogens is 3. The van der Waals surface area contributed by atoms with Crippen molar-refractivity contribution in [2.75, 3.05) is 10.6 Å². The lowest BCUT2D eigenvalue weighted by Gasteiger charge is -2.18. The fourth-order valence-electron chi connectivity index (χ4n) is 3.44. The molecule has 8 heteroatoms. The Morgan fingerprint density at radius 2 is 1.58 bits per heavy atom. The molecular formula is C28H21BrClFN2O2S. The van der Waals surface area contributed by atoms with Crippen molar-refractivity contribution < 1.29 is 14.0 Å². The van der Waals surface area contributed by atoms with E-state index in [1.807, 2.05) is 54.6 Å². The van der Waals surface area contributed by atoms with Crippen molar-refractivity contribution in [3.05, 3.63) is 124 Å². The summed E-state index contributed by atoms with van der Waals surface area (Å²) in [5, 5.41) is 5.59. The zero-order valence-electron chi connectivity index (χ0n) is 18.9. The third kappa shape index (κ3) is 7.20. The van der Waals surface area contributed by atoms with Crippen molar-refractivity contribution in [1.29, 1.82) is 0 Å². The third-order valence-electron chi connectivity index (χ3n) is 5.20. The van der Waals surface area contributed by atoms with E-state index in [0.29, 0.717) is 15.2 Å². The van der Waals surface area contributed by atoms with Gasteiger partial charge in [0.2, 0.25) is 11.8 Å². The molecule has 182 valence electrons. The number of amides is 2. The molecule has 36 heavy (non-hydrogen) atoms. The molecule has 2 N–H and O–H groups in total. The predicted octanol–water partition coefficient (Wildman–Crippen LogP) is 7.89. The molecule has 4 aromatic rings. The van der Waals surface area contributed by atoms with Gasteiger partial charge in [-0.15, -0.1) is 11.8 Å². The summed E-state index contributed by atoms with van der Waals surface area (Å²) in [5.74, 6) is -1.00. The monoisotopic (exact) mass is 582 g/mol. The highest BCUT2D eigenvalue weighted by Gasteiger charge is 2.23. The van der Waals surface area contributed by atoms with Gasteiger partial charge in [0, 0.05) is 20.1 Å². The van der Waals surface area contributed by atoms with Crippen molar-refractivity contribution in [2.45, 2.75) is 16.6 Å². The predicted molar refractivity (Wildman–Crippen MR) is 148 cm³/mol. The number of carbonyl (C=O) groups excluding carboxylic acids is 2. The van der Waals surface area contributed by atoms with Crippen molar-refractivity contribution in [3.63, 3.8) is 0 Å². The molecule has 0 aliphatic rings. The van der Waals surface area contributed by atoms with E-state index in [-0.39, 0.29) is 23.9 Å². The largest absolute Gasteiger partial charge is 0.326 e. The van der Waals surface area contributed by atoms with Crippen LogP contribution in [-0.2, 0) is 16.0 Å². The molecule has 0 fully saturated rings. The van der Waals surface area contributed by atoms with Gasteiger partial charge in [-0.05, 0) is 65.7 Å². The van der Waals surface area contributed by atoms with Crippen LogP contribution in [0.4, 0.5) is 15.8 Å². The molecule has 4 aromatic carbocycles. The normalized spacial score (nSPS) is 11.5. The molecule has 0 aliphatic heterocycles. The number of rotatable bonds is 8. The second-order valence-corrected chi connectivity index (χ2v) is 10.4. The van der Waals surface area contributed by atoms with E-state index in [1.54, 1.807) is 30.3 Å². The van der Waals surface area contributed by atoms with Crippen LogP contribution in [0.15, 0.2) is 106 Å². The molecule has 1 unspecified atom stereocenters. The van der Waals surface area contributed by atoms with Gasteiger partial charge >= 0.3 is 0 Å². The average molecular weight is 584 g/mol. The Morgan fingerprint density at radius 3 is 2.25 bits per heavy atom. The summed E-state index contributed by atoms with van der Waals surface area (Å²) >= 11 is 10.5. The first kappa shape index (κ1) is 25.9. The molecule has 0 aliphatic carbocycles. The maximum Gasteiger partial charge on any atom is 0.242 e. The van der Waals surface area contributed by atoms with Crippen LogP contribution in [-0.4, -0.2) is 11.8 Å². The van der Waals surface area contributed by atoms with Crippen LogP contribution in [0.1, 0.15) is 16.4 Å². The van der Waals surface area contributed by atoms with Crippen LogP contribution >= 0.6 is 39.3 Å². The summed E-state index contributed by atoms with van der Waals surface area (Å²) in [5.41, 5.74) is 2.42. The van der Waals surface area contributed by atoms with Crippen LogP contribution in [0.25, 0.3) is 0 Å². The molecular weight excluding hydrogens is 563 g/mol. The third-order valence-corrected chi connectivity index (χ3v) is 7.21. The minimum absolute atomic E-state index is 0.114. The van der Waals surface area contributed by atoms with Gasteiger partial charge in [0.15, 0.2) is 0 Å². The molecule has 4 nitrogen and oxygen atoms in total. The molecule has 4 rings (SSSR count). The van der Waals surface area contributed by atoms with E-state index < -0.39 is 11.1 Å². The number of benzene rings is 4. The number of thioether (sulfide) groups is 1. The van der Waals surface area contributed by atoms with Crippen LogP contribution in [0.2, 0.25) is 5.02 Å². The van der Waals surface area contributed by atoms with Crippen molar-refractivity contribution in [2.24, 2.45) is 0 Å². The summed E-state index contributed by atoms with van der Waals surface area (Å²) in [4.78, 5) is 26.4. The van der Waals surface area contributed by atoms with Gasteiger partial charge in [-0.1, -0.05) is 70.0 Å². The Morgan fingerprint density at radius 1 is 0.889 bits per heavy atom. The Hall–Kier alpha value is -3.13. The molecule has 0 saturated heterocycles. The second-order valence-electron chi connectivity index (χ2n) is 7.90. The van der Waals surface area contributed by atoms with Gasteiger partial charge in [-0.3, -0.25) is 9.59 Å². The number of hydrogen-bond acceptors (Lipinski definition) is 3. The summed E-state index contributed by atoms with van der Waals surface area (Å²) in [6.45, 7) is 0. The summed E-state index contributed by atoms with van der Waals surface area (Å²) in [7, 11) is 0. The zero-order valence-corrected chi connectivity index (χ0v) is 22.0. The van der Waals surface area contributed by atoms with E-state index in [2.05, 4.69) is 26.6 Å². The fraction of sp³-hybridized carbons (Fsp3) is 0.0714. The van der Waals surface area contributed by atoms with Gasteiger partial charge in [-0.2, -0.15) is 0 Å². The average Bonchev–Trinajstić information content (AvgIpc) is 2.87. The SMILES string of the molecule is O=C(Cc1ccc(Cl)cc1)Nc1ccc(SC(C(=O)Nc2ccc(Br)cc2F)c2ccccc2)cc1. The molecule has 0 aromatic heterocycles. The summed E-state index contributed by atoms with van der Waals surface area (Å²) in [6.07, 6.45) is 0.233. The minimum Gasteiger partial charge on any atom is -0.326 e. The first-order chi connectivity index (χ1) is 17.4. The quantitative estimate of drug-likeness (QED) is 0.207. The number of anilines is 2. The Balaban J connectivity index is 1.45. The minimum atomic E-state index is -0.611. The van der Waals surface area contributed by atoms with Crippen molar-refractivity contribution in [3.8, 4) is 0 Å². The van der Waals surface area contributed by atoms with Crippen LogP contribution in [0, 0.1) is 5.82 Å². The Bertz CT molecular complexity index is 1350. The lowest BCUT2D eigenvalue weighted by molar-refractivity contribution is -0.116. The van der Waals surface area contributed by atoms with Crippen molar-refractivity contribution in [1.82, 2.24) is 0 Å². The van der Waals surface area contributed by atoms with E-state index in [1.165, 1.54) is 23.9 Å². The Kier molecular flexibility index (Phi) is 8.80. The van der Waals surface area contributed by atoms with Gasteiger partial charge in [0.25, 0.3) is 0 Å². The number of carbonyl (C=O) groups is 2. The maximum absolute atomic E-state index is 14.3. The second kappa shape index (κ2) is 12.2. The first-order valence-electron chi connectivity index (χ1n) is 11.0. The number of nitrogens with one attached hydrogen (secondary N) is 2. The molecule has 0 bridgehead atoms. The lowest BCUT2D eigenvalue weighted by atomic mass is 10.1. The van der Waals surface area contributed by atoms with E-state index >= 15 is 0 Å². The van der Waals surface area contributed by atoms with Crippen LogP contribution < -0.4 is 10.6 Å². The lowest BCUT2D eigenvalue weighted by Crippen LogP contribution is -2.19. The molecule has 2 amide bonds. The summed E-state index contributed by atoms with van der Waals surface area (Å²) in [6, 6.07) is 28.2. The van der Waals surface area contributed by atoms with E-state index in [0.717, 1.165) is 16.0 Å². The topological polar surface area (TPSA) is 58.2 Å². The van der Waals surface area contributed by atoms with Crippen LogP contribution in [0.3, 0.4) is 0 Å². The standard InChI is InChI=1S/C28H21BrClFN2O2S/c29-20-8-15-25(24(31)17-20)33-28(35)27(19-4-2-1-3-5-19)36-23-13-11-22(12-14-23)32-26(34)16-18-6-9-21(30)10-7-18/h1-15,17,27H,16H2,(H,32,34)(H,33,35). The Labute approximate surface area is 226 Å². The van der Waals surface area contributed by atoms with E-state index in [4.69, 9.17) is 11.6 Å². The van der Waals surface area contributed by atoms with Crippen LogP contribution in [0.5, 0.6) is 0 Å². The zero-order chi connectivity index (χ0) is 25.5. The van der Waals surface area contributed by atoms with Gasteiger partial charge in [0.1, 0.15) is 11.1 Å². The highest BCUT2D eigenvalue weighted by atomic mass is 79.9. The van der Waals surface area contributed by atoms with Gasteiger partial charge in [0.05, 0.1) is 12.1 Å². The molecule has 1 atom stereocenters. The highest BCUT2D eigenvalue weighted by molar-refractivity contribution is 9.10. The van der Waals surface area contributed by atoms with Gasteiger partial charge < -0.3 is 10.6 Å². The van der Waals surface area contributed by atoms with Gasteiger partial charge in [-0.25, -0.2) is 4.39 Å². The fourth-order valence-corrected chi connectivity index (χ4v) is 4.92. The smallest absolute Gasteiger partial charge is 0.242 e. The summed E-state index contributed by atoms with van der Waals surface area (Å²) < 4.78 is 14.9. The highest BCUT2D eigenvalue weighted by Crippen LogP contribution is 2.37. The first-order valence-corrected chi connectivity index (χ1v) is 13.0. The molecule has 0 radical (unpaired) electrons. The maximum atomic E-state index is 14.3. The molecule has 0 saturated carbocycles. The molecule has 0 heterocycles. The molecule has 0 spiro atoms.